The molecule has 0 saturated heterocycles. The van der Waals surface area contributed by atoms with Crippen LogP contribution in [-0.4, -0.2) is 24.4 Å². The SMILES string of the molecule is CCC(NC(=O)CNC(=O)[C@@H](N)C(C)C)c1ccc(C)cc1. The molecule has 1 rings (SSSR count). The smallest absolute Gasteiger partial charge is 0.239 e. The second kappa shape index (κ2) is 8.54. The van der Waals surface area contributed by atoms with Crippen LogP contribution in [-0.2, 0) is 9.59 Å². The van der Waals surface area contributed by atoms with Crippen molar-refractivity contribution in [2.45, 2.75) is 46.2 Å². The van der Waals surface area contributed by atoms with Crippen molar-refractivity contribution in [1.82, 2.24) is 10.6 Å². The van der Waals surface area contributed by atoms with E-state index in [2.05, 4.69) is 10.6 Å². The Balaban J connectivity index is 2.52. The Kier molecular flexibility index (Phi) is 7.05. The van der Waals surface area contributed by atoms with Crippen LogP contribution in [0.3, 0.4) is 0 Å². The quantitative estimate of drug-likeness (QED) is 0.716. The largest absolute Gasteiger partial charge is 0.348 e. The topological polar surface area (TPSA) is 84.2 Å². The molecular formula is C17H27N3O2. The van der Waals surface area contributed by atoms with E-state index in [4.69, 9.17) is 5.73 Å². The Bertz CT molecular complexity index is 497. The van der Waals surface area contributed by atoms with Crippen molar-refractivity contribution in [2.75, 3.05) is 6.54 Å². The molecule has 122 valence electrons. The Morgan fingerprint density at radius 3 is 2.27 bits per heavy atom. The van der Waals surface area contributed by atoms with Crippen LogP contribution in [0, 0.1) is 12.8 Å². The molecule has 2 amide bonds. The van der Waals surface area contributed by atoms with Gasteiger partial charge in [0, 0.05) is 0 Å². The van der Waals surface area contributed by atoms with Crippen molar-refractivity contribution in [3.63, 3.8) is 0 Å². The molecule has 0 aliphatic heterocycles. The van der Waals surface area contributed by atoms with E-state index in [9.17, 15) is 9.59 Å². The van der Waals surface area contributed by atoms with Gasteiger partial charge in [-0.3, -0.25) is 9.59 Å². The number of carbonyl (C=O) groups excluding carboxylic acids is 2. The first kappa shape index (κ1) is 18.2. The van der Waals surface area contributed by atoms with Crippen LogP contribution in [0.2, 0.25) is 0 Å². The van der Waals surface area contributed by atoms with E-state index in [1.807, 2.05) is 52.0 Å². The fraction of sp³-hybridized carbons (Fsp3) is 0.529. The number of hydrogen-bond donors (Lipinski definition) is 3. The van der Waals surface area contributed by atoms with E-state index >= 15 is 0 Å². The summed E-state index contributed by atoms with van der Waals surface area (Å²) in [5.74, 6) is -0.468. The predicted molar refractivity (Wildman–Crippen MR) is 88.2 cm³/mol. The standard InChI is InChI=1S/C17H27N3O2/c1-5-14(13-8-6-12(4)7-9-13)20-15(21)10-19-17(22)16(18)11(2)3/h6-9,11,14,16H,5,10,18H2,1-4H3,(H,19,22)(H,20,21)/t14?,16-/m0/s1. The zero-order chi connectivity index (χ0) is 16.7. The minimum atomic E-state index is -0.591. The molecule has 22 heavy (non-hydrogen) atoms. The summed E-state index contributed by atoms with van der Waals surface area (Å²) in [6, 6.07) is 7.42. The lowest BCUT2D eigenvalue weighted by molar-refractivity contribution is -0.127. The Labute approximate surface area is 132 Å². The molecule has 0 radical (unpaired) electrons. The zero-order valence-electron chi connectivity index (χ0n) is 13.8. The molecule has 0 spiro atoms. The Hall–Kier alpha value is -1.88. The Morgan fingerprint density at radius 2 is 1.77 bits per heavy atom. The zero-order valence-corrected chi connectivity index (χ0v) is 13.8. The molecule has 0 heterocycles. The van der Waals surface area contributed by atoms with E-state index in [1.165, 1.54) is 5.56 Å². The summed E-state index contributed by atoms with van der Waals surface area (Å²) in [6.45, 7) is 7.72. The molecule has 4 N–H and O–H groups in total. The molecule has 1 aromatic rings. The van der Waals surface area contributed by atoms with Gasteiger partial charge < -0.3 is 16.4 Å². The first-order valence-electron chi connectivity index (χ1n) is 7.74. The number of amides is 2. The molecule has 2 atom stereocenters. The van der Waals surface area contributed by atoms with Crippen molar-refractivity contribution in [2.24, 2.45) is 11.7 Å². The first-order chi connectivity index (χ1) is 10.3. The number of hydrogen-bond acceptors (Lipinski definition) is 3. The molecule has 0 fully saturated rings. The molecule has 0 saturated carbocycles. The van der Waals surface area contributed by atoms with Crippen LogP contribution >= 0.6 is 0 Å². The number of carbonyl (C=O) groups is 2. The summed E-state index contributed by atoms with van der Waals surface area (Å²) in [4.78, 5) is 23.7. The summed E-state index contributed by atoms with van der Waals surface area (Å²) in [7, 11) is 0. The van der Waals surface area contributed by atoms with Gasteiger partial charge in [-0.25, -0.2) is 0 Å². The van der Waals surface area contributed by atoms with Gasteiger partial charge in [-0.1, -0.05) is 50.6 Å². The van der Waals surface area contributed by atoms with Crippen LogP contribution in [0.4, 0.5) is 0 Å². The summed E-state index contributed by atoms with van der Waals surface area (Å²) in [6.07, 6.45) is 0.786. The van der Waals surface area contributed by atoms with Gasteiger partial charge >= 0.3 is 0 Å². The molecule has 0 aliphatic carbocycles. The van der Waals surface area contributed by atoms with Gasteiger partial charge in [-0.15, -0.1) is 0 Å². The van der Waals surface area contributed by atoms with E-state index < -0.39 is 6.04 Å². The molecule has 1 aromatic carbocycles. The summed E-state index contributed by atoms with van der Waals surface area (Å²) in [5.41, 5.74) is 7.98. The fourth-order valence-corrected chi connectivity index (χ4v) is 2.05. The highest BCUT2D eigenvalue weighted by Crippen LogP contribution is 2.16. The second-order valence-corrected chi connectivity index (χ2v) is 5.93. The van der Waals surface area contributed by atoms with E-state index in [1.54, 1.807) is 0 Å². The van der Waals surface area contributed by atoms with Crippen molar-refractivity contribution in [1.29, 1.82) is 0 Å². The van der Waals surface area contributed by atoms with Crippen molar-refractivity contribution in [3.8, 4) is 0 Å². The fourth-order valence-electron chi connectivity index (χ4n) is 2.05. The summed E-state index contributed by atoms with van der Waals surface area (Å²) in [5, 5.41) is 5.51. The second-order valence-electron chi connectivity index (χ2n) is 5.93. The highest BCUT2D eigenvalue weighted by molar-refractivity contribution is 5.87. The van der Waals surface area contributed by atoms with Crippen LogP contribution in [0.1, 0.15) is 44.4 Å². The number of benzene rings is 1. The van der Waals surface area contributed by atoms with Crippen LogP contribution in [0.15, 0.2) is 24.3 Å². The molecule has 0 bridgehead atoms. The van der Waals surface area contributed by atoms with Gasteiger partial charge in [0.05, 0.1) is 18.6 Å². The lowest BCUT2D eigenvalue weighted by Crippen LogP contribution is -2.47. The monoisotopic (exact) mass is 305 g/mol. The van der Waals surface area contributed by atoms with Crippen LogP contribution < -0.4 is 16.4 Å². The van der Waals surface area contributed by atoms with Gasteiger partial charge in [0.15, 0.2) is 0 Å². The Morgan fingerprint density at radius 1 is 1.18 bits per heavy atom. The lowest BCUT2D eigenvalue weighted by atomic mass is 10.0. The van der Waals surface area contributed by atoms with Gasteiger partial charge in [0.2, 0.25) is 11.8 Å². The van der Waals surface area contributed by atoms with Gasteiger partial charge in [-0.2, -0.15) is 0 Å². The number of nitrogens with one attached hydrogen (secondary N) is 2. The highest BCUT2D eigenvalue weighted by Gasteiger charge is 2.18. The summed E-state index contributed by atoms with van der Waals surface area (Å²) >= 11 is 0. The molecular weight excluding hydrogens is 278 g/mol. The number of rotatable bonds is 7. The molecule has 5 nitrogen and oxygen atoms in total. The average molecular weight is 305 g/mol. The average Bonchev–Trinajstić information content (AvgIpc) is 2.50. The maximum atomic E-state index is 12.0. The molecule has 0 aliphatic rings. The molecule has 0 aromatic heterocycles. The normalized spacial score (nSPS) is 13.5. The van der Waals surface area contributed by atoms with Crippen molar-refractivity contribution < 1.29 is 9.59 Å². The minimum Gasteiger partial charge on any atom is -0.348 e. The third-order valence-electron chi connectivity index (χ3n) is 3.67. The maximum absolute atomic E-state index is 12.0. The van der Waals surface area contributed by atoms with Crippen LogP contribution in [0.5, 0.6) is 0 Å². The predicted octanol–water partition coefficient (Wildman–Crippen LogP) is 1.66. The van der Waals surface area contributed by atoms with E-state index in [0.29, 0.717) is 0 Å². The third kappa shape index (κ3) is 5.48. The number of nitrogens with two attached hydrogens (primary N) is 1. The number of aryl methyl sites for hydroxylation is 1. The molecule has 5 heteroatoms. The first-order valence-corrected chi connectivity index (χ1v) is 7.74. The maximum Gasteiger partial charge on any atom is 0.239 e. The summed E-state index contributed by atoms with van der Waals surface area (Å²) < 4.78 is 0. The minimum absolute atomic E-state index is 0.0407. The van der Waals surface area contributed by atoms with Crippen LogP contribution in [0.25, 0.3) is 0 Å². The van der Waals surface area contributed by atoms with Crippen molar-refractivity contribution in [3.05, 3.63) is 35.4 Å². The van der Waals surface area contributed by atoms with E-state index in [0.717, 1.165) is 12.0 Å². The van der Waals surface area contributed by atoms with Gasteiger partial charge in [0.25, 0.3) is 0 Å². The van der Waals surface area contributed by atoms with Crippen molar-refractivity contribution >= 4 is 11.8 Å². The molecule has 1 unspecified atom stereocenters. The third-order valence-corrected chi connectivity index (χ3v) is 3.67. The lowest BCUT2D eigenvalue weighted by Gasteiger charge is -2.19. The van der Waals surface area contributed by atoms with Gasteiger partial charge in [-0.05, 0) is 24.8 Å². The van der Waals surface area contributed by atoms with Gasteiger partial charge in [0.1, 0.15) is 0 Å². The van der Waals surface area contributed by atoms with E-state index in [-0.39, 0.29) is 30.3 Å². The highest BCUT2D eigenvalue weighted by atomic mass is 16.2.